The Kier molecular flexibility index (Phi) is 14.5. The average Bonchev–Trinajstić information content (AvgIpc) is 2.93. The summed E-state index contributed by atoms with van der Waals surface area (Å²) in [6.07, 6.45) is -11.2. The Labute approximate surface area is 226 Å². The van der Waals surface area contributed by atoms with Crippen LogP contribution in [0, 0.1) is 23.7 Å². The molecule has 2 saturated heterocycles. The van der Waals surface area contributed by atoms with Crippen molar-refractivity contribution in [2.75, 3.05) is 19.8 Å². The molecular formula is C26H38O13. The van der Waals surface area contributed by atoms with Crippen LogP contribution in [0.1, 0.15) is 19.8 Å². The zero-order valence-electron chi connectivity index (χ0n) is 21.4. The molecule has 2 heterocycles. The second kappa shape index (κ2) is 17.0. The van der Waals surface area contributed by atoms with Crippen molar-refractivity contribution < 1.29 is 64.9 Å². The predicted molar refractivity (Wildman–Crippen MR) is 133 cm³/mol. The third-order valence-electron chi connectivity index (χ3n) is 6.00. The minimum atomic E-state index is -1.76. The van der Waals surface area contributed by atoms with Crippen LogP contribution in [-0.4, -0.2) is 139 Å². The smallest absolute Gasteiger partial charge is 0.187 e. The molecule has 9 N–H and O–H groups in total. The lowest BCUT2D eigenvalue weighted by Gasteiger charge is -2.43. The van der Waals surface area contributed by atoms with E-state index < -0.39 is 86.8 Å². The largest absolute Gasteiger partial charge is 0.396 e. The fraction of sp³-hybridized carbons (Fsp3) is 0.692. The molecule has 0 aromatic carbocycles. The number of allylic oxidation sites excluding steroid dienone is 3. The van der Waals surface area contributed by atoms with Gasteiger partial charge in [0.1, 0.15) is 61.0 Å². The van der Waals surface area contributed by atoms with E-state index in [0.717, 1.165) is 0 Å². The highest BCUT2D eigenvalue weighted by molar-refractivity contribution is 5.32. The SMILES string of the molecule is C/C=C/C#CC#C[C@H](O)[C@H](/C=C/CCCO)O[C@H]1O[C@@H](CO[C@H]2O[C@@H](CO)[C@H](O)[C@@H](O)[C@@H]2O)[C@H](O)[C@@H](O)[C@@H]1O. The lowest BCUT2D eigenvalue weighted by atomic mass is 9.98. The van der Waals surface area contributed by atoms with Gasteiger partial charge in [-0.3, -0.25) is 0 Å². The lowest BCUT2D eigenvalue weighted by Crippen LogP contribution is -2.62. The molecule has 13 nitrogen and oxygen atoms in total. The molecule has 0 radical (unpaired) electrons. The van der Waals surface area contributed by atoms with Crippen molar-refractivity contribution in [3.05, 3.63) is 24.3 Å². The number of rotatable bonds is 11. The molecule has 0 bridgehead atoms. The topological polar surface area (TPSA) is 219 Å². The summed E-state index contributed by atoms with van der Waals surface area (Å²) in [5, 5.41) is 90.1. The van der Waals surface area contributed by atoms with Crippen molar-refractivity contribution in [2.45, 2.75) is 93.4 Å². The molecule has 2 aliphatic rings. The van der Waals surface area contributed by atoms with Crippen LogP contribution in [-0.2, 0) is 18.9 Å². The van der Waals surface area contributed by atoms with Gasteiger partial charge in [-0.1, -0.05) is 30.1 Å². The summed E-state index contributed by atoms with van der Waals surface area (Å²) in [4.78, 5) is 0. The van der Waals surface area contributed by atoms with Crippen molar-refractivity contribution in [3.63, 3.8) is 0 Å². The highest BCUT2D eigenvalue weighted by atomic mass is 16.7. The van der Waals surface area contributed by atoms with Crippen molar-refractivity contribution in [2.24, 2.45) is 0 Å². The van der Waals surface area contributed by atoms with Crippen molar-refractivity contribution in [1.82, 2.24) is 0 Å². The van der Waals surface area contributed by atoms with E-state index in [0.29, 0.717) is 12.8 Å². The molecule has 12 atom stereocenters. The zero-order valence-corrected chi connectivity index (χ0v) is 21.4. The maximum absolute atomic E-state index is 10.6. The molecule has 39 heavy (non-hydrogen) atoms. The summed E-state index contributed by atoms with van der Waals surface area (Å²) in [7, 11) is 0. The third kappa shape index (κ3) is 9.60. The molecule has 2 aliphatic heterocycles. The van der Waals surface area contributed by atoms with Gasteiger partial charge in [-0.05, 0) is 37.7 Å². The molecule has 0 spiro atoms. The Morgan fingerprint density at radius 1 is 0.846 bits per heavy atom. The van der Waals surface area contributed by atoms with Crippen molar-refractivity contribution >= 4 is 0 Å². The van der Waals surface area contributed by atoms with Gasteiger partial charge in [0, 0.05) is 6.61 Å². The minimum Gasteiger partial charge on any atom is -0.396 e. The normalized spacial score (nSPS) is 36.7. The van der Waals surface area contributed by atoms with Crippen molar-refractivity contribution in [3.8, 4) is 23.7 Å². The molecular weight excluding hydrogens is 520 g/mol. The van der Waals surface area contributed by atoms with Crippen LogP contribution in [0.25, 0.3) is 0 Å². The zero-order chi connectivity index (χ0) is 28.9. The highest BCUT2D eigenvalue weighted by Crippen LogP contribution is 2.27. The second-order valence-corrected chi connectivity index (χ2v) is 8.92. The van der Waals surface area contributed by atoms with E-state index in [1.54, 1.807) is 25.2 Å². The first kappa shape index (κ1) is 33.3. The van der Waals surface area contributed by atoms with Crippen LogP contribution in [0.3, 0.4) is 0 Å². The highest BCUT2D eigenvalue weighted by Gasteiger charge is 2.48. The lowest BCUT2D eigenvalue weighted by molar-refractivity contribution is -0.335. The van der Waals surface area contributed by atoms with E-state index in [2.05, 4.69) is 23.7 Å². The summed E-state index contributed by atoms with van der Waals surface area (Å²) >= 11 is 0. The van der Waals surface area contributed by atoms with E-state index in [9.17, 15) is 40.9 Å². The molecule has 0 aromatic heterocycles. The summed E-state index contributed by atoms with van der Waals surface area (Å²) in [5.41, 5.74) is 0. The summed E-state index contributed by atoms with van der Waals surface area (Å²) < 4.78 is 22.0. The summed E-state index contributed by atoms with van der Waals surface area (Å²) in [6, 6.07) is 0. The number of hydrogen-bond acceptors (Lipinski definition) is 13. The van der Waals surface area contributed by atoms with E-state index in [4.69, 9.17) is 24.1 Å². The first-order chi connectivity index (χ1) is 18.7. The first-order valence-electron chi connectivity index (χ1n) is 12.5. The number of unbranched alkanes of at least 4 members (excludes halogenated alkanes) is 1. The molecule has 220 valence electrons. The Bertz CT molecular complexity index is 901. The quantitative estimate of drug-likeness (QED) is 0.0677. The van der Waals surface area contributed by atoms with Gasteiger partial charge < -0.3 is 64.9 Å². The maximum atomic E-state index is 10.6. The van der Waals surface area contributed by atoms with Crippen LogP contribution in [0.15, 0.2) is 24.3 Å². The third-order valence-corrected chi connectivity index (χ3v) is 6.00. The Morgan fingerprint density at radius 3 is 2.13 bits per heavy atom. The van der Waals surface area contributed by atoms with Gasteiger partial charge in [0.2, 0.25) is 0 Å². The fourth-order valence-corrected chi connectivity index (χ4v) is 3.73. The van der Waals surface area contributed by atoms with Crippen LogP contribution < -0.4 is 0 Å². The Morgan fingerprint density at radius 2 is 1.49 bits per heavy atom. The molecule has 0 aromatic rings. The van der Waals surface area contributed by atoms with Gasteiger partial charge in [-0.25, -0.2) is 0 Å². The molecule has 2 fully saturated rings. The van der Waals surface area contributed by atoms with E-state index >= 15 is 0 Å². The van der Waals surface area contributed by atoms with Gasteiger partial charge in [0.15, 0.2) is 12.6 Å². The van der Waals surface area contributed by atoms with Gasteiger partial charge in [0.25, 0.3) is 0 Å². The number of hydrogen-bond donors (Lipinski definition) is 9. The number of ether oxygens (including phenoxy) is 4. The molecule has 0 unspecified atom stereocenters. The van der Waals surface area contributed by atoms with Crippen LogP contribution in [0.4, 0.5) is 0 Å². The monoisotopic (exact) mass is 558 g/mol. The van der Waals surface area contributed by atoms with Gasteiger partial charge in [-0.15, -0.1) is 0 Å². The maximum Gasteiger partial charge on any atom is 0.187 e. The summed E-state index contributed by atoms with van der Waals surface area (Å²) in [6.45, 7) is 0.519. The van der Waals surface area contributed by atoms with Gasteiger partial charge >= 0.3 is 0 Å². The average molecular weight is 559 g/mol. The van der Waals surface area contributed by atoms with Crippen molar-refractivity contribution in [1.29, 1.82) is 0 Å². The Hall–Kier alpha value is -1.92. The number of aliphatic hydroxyl groups is 9. The Balaban J connectivity index is 2.13. The fourth-order valence-electron chi connectivity index (χ4n) is 3.73. The van der Waals surface area contributed by atoms with E-state index in [1.807, 2.05) is 0 Å². The first-order valence-corrected chi connectivity index (χ1v) is 12.5. The molecule has 0 saturated carbocycles. The predicted octanol–water partition coefficient (Wildman–Crippen LogP) is -3.73. The second-order valence-electron chi connectivity index (χ2n) is 8.92. The van der Waals surface area contributed by atoms with E-state index in [-0.39, 0.29) is 6.61 Å². The van der Waals surface area contributed by atoms with Gasteiger partial charge in [0.05, 0.1) is 13.2 Å². The van der Waals surface area contributed by atoms with Crippen LogP contribution in [0.2, 0.25) is 0 Å². The molecule has 13 heteroatoms. The minimum absolute atomic E-state index is 0.0522. The van der Waals surface area contributed by atoms with Gasteiger partial charge in [-0.2, -0.15) is 0 Å². The standard InChI is InChI=1S/C26H38O13/c1-2-3-4-5-7-10-15(29)16(11-8-6-9-12-27)37-26-24(35)22(33)20(31)18(39-26)14-36-25-23(34)21(32)19(30)17(13-28)38-25/h2-3,8,11,15-35H,6,9,12-14H2,1H3/b3-2+,11-8+/t15-,16-,17-,18-,19-,20-,21+,22+,23-,24-,25-,26-/m0/s1. The summed E-state index contributed by atoms with van der Waals surface area (Å²) in [5.74, 6) is 10.1. The molecule has 2 rings (SSSR count). The molecule has 0 aliphatic carbocycles. The number of aliphatic hydroxyl groups excluding tert-OH is 9. The van der Waals surface area contributed by atoms with Crippen LogP contribution >= 0.6 is 0 Å². The van der Waals surface area contributed by atoms with Crippen LogP contribution in [0.5, 0.6) is 0 Å². The molecule has 0 amide bonds. The van der Waals surface area contributed by atoms with E-state index in [1.165, 1.54) is 6.08 Å².